The minimum absolute atomic E-state index is 0.242. The van der Waals surface area contributed by atoms with E-state index in [2.05, 4.69) is 27.2 Å². The molecule has 0 heterocycles. The van der Waals surface area contributed by atoms with Crippen molar-refractivity contribution in [3.63, 3.8) is 0 Å². The van der Waals surface area contributed by atoms with Crippen molar-refractivity contribution >= 4 is 27.5 Å². The second-order valence-corrected chi connectivity index (χ2v) is 4.66. The van der Waals surface area contributed by atoms with Crippen LogP contribution in [-0.2, 0) is 0 Å². The van der Waals surface area contributed by atoms with Crippen LogP contribution in [0, 0.1) is 18.2 Å². The molecule has 1 amide bonds. The van der Waals surface area contributed by atoms with Crippen LogP contribution in [0.5, 0.6) is 0 Å². The van der Waals surface area contributed by atoms with E-state index in [1.54, 1.807) is 24.3 Å². The van der Waals surface area contributed by atoms with Crippen LogP contribution in [0.1, 0.15) is 15.9 Å². The van der Waals surface area contributed by atoms with Crippen molar-refractivity contribution in [2.75, 3.05) is 5.32 Å². The quantitative estimate of drug-likeness (QED) is 0.838. The highest BCUT2D eigenvalue weighted by Crippen LogP contribution is 2.17. The summed E-state index contributed by atoms with van der Waals surface area (Å²) < 4.78 is 13.7. The number of carbonyl (C=O) groups excluding carboxylic acids is 1. The van der Waals surface area contributed by atoms with E-state index in [4.69, 9.17) is 6.42 Å². The lowest BCUT2D eigenvalue weighted by Crippen LogP contribution is -2.12. The Morgan fingerprint density at radius 2 is 2.05 bits per heavy atom. The maximum absolute atomic E-state index is 13.3. The molecule has 94 valence electrons. The molecule has 2 nitrogen and oxygen atoms in total. The summed E-state index contributed by atoms with van der Waals surface area (Å²) in [6.07, 6.45) is 5.28. The lowest BCUT2D eigenvalue weighted by atomic mass is 10.2. The Morgan fingerprint density at radius 1 is 1.26 bits per heavy atom. The average molecular weight is 318 g/mol. The molecule has 2 rings (SSSR count). The van der Waals surface area contributed by atoms with Gasteiger partial charge in [-0.15, -0.1) is 6.42 Å². The van der Waals surface area contributed by atoms with Gasteiger partial charge in [-0.25, -0.2) is 4.39 Å². The fraction of sp³-hybridized carbons (Fsp3) is 0. The van der Waals surface area contributed by atoms with Crippen molar-refractivity contribution < 1.29 is 9.18 Å². The van der Waals surface area contributed by atoms with Gasteiger partial charge in [0.1, 0.15) is 5.82 Å². The topological polar surface area (TPSA) is 29.1 Å². The molecule has 0 saturated carbocycles. The van der Waals surface area contributed by atoms with Gasteiger partial charge in [0, 0.05) is 16.8 Å². The van der Waals surface area contributed by atoms with Gasteiger partial charge in [0.15, 0.2) is 0 Å². The molecule has 2 aromatic rings. The third-order valence-electron chi connectivity index (χ3n) is 2.47. The Kier molecular flexibility index (Phi) is 3.98. The first-order valence-electron chi connectivity index (χ1n) is 5.43. The van der Waals surface area contributed by atoms with Crippen LogP contribution in [0.25, 0.3) is 0 Å². The summed E-state index contributed by atoms with van der Waals surface area (Å²) in [7, 11) is 0. The van der Waals surface area contributed by atoms with Crippen molar-refractivity contribution in [2.24, 2.45) is 0 Å². The molecule has 1 N–H and O–H groups in total. The zero-order valence-corrected chi connectivity index (χ0v) is 11.4. The summed E-state index contributed by atoms with van der Waals surface area (Å²) >= 11 is 3.04. The summed E-state index contributed by atoms with van der Waals surface area (Å²) in [4.78, 5) is 11.9. The third kappa shape index (κ3) is 3.21. The van der Waals surface area contributed by atoms with Crippen LogP contribution in [-0.4, -0.2) is 5.91 Å². The van der Waals surface area contributed by atoms with Gasteiger partial charge in [0.2, 0.25) is 0 Å². The van der Waals surface area contributed by atoms with E-state index in [0.717, 1.165) is 0 Å². The van der Waals surface area contributed by atoms with Crippen LogP contribution in [0.15, 0.2) is 46.9 Å². The molecule has 0 aliphatic heterocycles. The van der Waals surface area contributed by atoms with Crippen LogP contribution >= 0.6 is 15.9 Å². The lowest BCUT2D eigenvalue weighted by Gasteiger charge is -2.06. The van der Waals surface area contributed by atoms with Gasteiger partial charge in [0.05, 0.1) is 4.47 Å². The fourth-order valence-corrected chi connectivity index (χ4v) is 1.77. The molecule has 0 saturated heterocycles. The normalized spacial score (nSPS) is 9.74. The number of terminal acetylenes is 1. The fourth-order valence-electron chi connectivity index (χ4n) is 1.53. The van der Waals surface area contributed by atoms with Gasteiger partial charge in [-0.1, -0.05) is 12.0 Å². The van der Waals surface area contributed by atoms with E-state index in [0.29, 0.717) is 15.7 Å². The Morgan fingerprint density at radius 3 is 2.74 bits per heavy atom. The Hall–Kier alpha value is -2.12. The number of halogens is 2. The molecule has 0 aromatic heterocycles. The zero-order valence-electron chi connectivity index (χ0n) is 9.78. The molecular formula is C15H9BrFNO. The molecule has 4 heteroatoms. The van der Waals surface area contributed by atoms with Crippen LogP contribution < -0.4 is 5.32 Å². The minimum Gasteiger partial charge on any atom is -0.322 e. The first-order valence-corrected chi connectivity index (χ1v) is 6.22. The molecular weight excluding hydrogens is 309 g/mol. The van der Waals surface area contributed by atoms with E-state index in [-0.39, 0.29) is 11.5 Å². The number of benzene rings is 2. The summed E-state index contributed by atoms with van der Waals surface area (Å²) in [6, 6.07) is 11.1. The molecule has 0 fully saturated rings. The molecule has 0 aliphatic rings. The van der Waals surface area contributed by atoms with Crippen LogP contribution in [0.4, 0.5) is 10.1 Å². The van der Waals surface area contributed by atoms with E-state index in [1.807, 2.05) is 0 Å². The van der Waals surface area contributed by atoms with Gasteiger partial charge in [-0.2, -0.15) is 0 Å². The predicted molar refractivity (Wildman–Crippen MR) is 76.4 cm³/mol. The first-order chi connectivity index (χ1) is 9.10. The first kappa shape index (κ1) is 13.3. The third-order valence-corrected chi connectivity index (χ3v) is 3.11. The Labute approximate surface area is 118 Å². The van der Waals surface area contributed by atoms with Crippen molar-refractivity contribution in [1.82, 2.24) is 0 Å². The monoisotopic (exact) mass is 317 g/mol. The highest BCUT2D eigenvalue weighted by Gasteiger charge is 2.09. The second-order valence-electron chi connectivity index (χ2n) is 3.81. The van der Waals surface area contributed by atoms with E-state index in [9.17, 15) is 9.18 Å². The standard InChI is InChI=1S/C15H9BrFNO/c1-2-10-4-3-5-12(8-10)18-15(19)11-6-7-13(16)14(17)9-11/h1,3-9H,(H,18,19). The molecule has 19 heavy (non-hydrogen) atoms. The molecule has 0 unspecified atom stereocenters. The van der Waals surface area contributed by atoms with Gasteiger partial charge >= 0.3 is 0 Å². The molecule has 2 aromatic carbocycles. The van der Waals surface area contributed by atoms with Gasteiger partial charge < -0.3 is 5.32 Å². The smallest absolute Gasteiger partial charge is 0.255 e. The van der Waals surface area contributed by atoms with Crippen molar-refractivity contribution in [3.8, 4) is 12.3 Å². The number of amides is 1. The Bertz CT molecular complexity index is 676. The molecule has 0 spiro atoms. The second kappa shape index (κ2) is 5.68. The lowest BCUT2D eigenvalue weighted by molar-refractivity contribution is 0.102. The number of anilines is 1. The van der Waals surface area contributed by atoms with Crippen LogP contribution in [0.2, 0.25) is 0 Å². The predicted octanol–water partition coefficient (Wildman–Crippen LogP) is 3.82. The summed E-state index contributed by atoms with van der Waals surface area (Å²) in [6.45, 7) is 0. The molecule has 0 atom stereocenters. The summed E-state index contributed by atoms with van der Waals surface area (Å²) in [5, 5.41) is 2.66. The molecule has 0 bridgehead atoms. The van der Waals surface area contributed by atoms with E-state index in [1.165, 1.54) is 18.2 Å². The molecule has 0 aliphatic carbocycles. The van der Waals surface area contributed by atoms with Crippen molar-refractivity contribution in [2.45, 2.75) is 0 Å². The average Bonchev–Trinajstić information content (AvgIpc) is 2.42. The SMILES string of the molecule is C#Cc1cccc(NC(=O)c2ccc(Br)c(F)c2)c1. The number of rotatable bonds is 2. The largest absolute Gasteiger partial charge is 0.322 e. The Balaban J connectivity index is 2.21. The highest BCUT2D eigenvalue weighted by atomic mass is 79.9. The van der Waals surface area contributed by atoms with Gasteiger partial charge in [-0.3, -0.25) is 4.79 Å². The zero-order chi connectivity index (χ0) is 13.8. The van der Waals surface area contributed by atoms with Crippen molar-refractivity contribution in [1.29, 1.82) is 0 Å². The van der Waals surface area contributed by atoms with Gasteiger partial charge in [-0.05, 0) is 52.3 Å². The number of carbonyl (C=O) groups is 1. The minimum atomic E-state index is -0.481. The van der Waals surface area contributed by atoms with Gasteiger partial charge in [0.25, 0.3) is 5.91 Å². The van der Waals surface area contributed by atoms with E-state index < -0.39 is 5.82 Å². The summed E-state index contributed by atoms with van der Waals surface area (Å²) in [5.41, 5.74) is 1.48. The number of nitrogens with one attached hydrogen (secondary N) is 1. The summed E-state index contributed by atoms with van der Waals surface area (Å²) in [5.74, 6) is 1.61. The number of hydrogen-bond acceptors (Lipinski definition) is 1. The maximum atomic E-state index is 13.3. The highest BCUT2D eigenvalue weighted by molar-refractivity contribution is 9.10. The molecule has 0 radical (unpaired) electrons. The van der Waals surface area contributed by atoms with Crippen molar-refractivity contribution in [3.05, 3.63) is 63.9 Å². The number of hydrogen-bond donors (Lipinski definition) is 1. The van der Waals surface area contributed by atoms with Crippen LogP contribution in [0.3, 0.4) is 0 Å². The maximum Gasteiger partial charge on any atom is 0.255 e. The van der Waals surface area contributed by atoms with E-state index >= 15 is 0 Å².